The van der Waals surface area contributed by atoms with Crippen molar-refractivity contribution >= 4 is 35.2 Å². The number of aromatic nitrogens is 3. The maximum Gasteiger partial charge on any atom is 0.363 e. The largest absolute Gasteiger partial charge is 0.493 e. The first kappa shape index (κ1) is 21.8. The van der Waals surface area contributed by atoms with E-state index < -0.39 is 5.69 Å². The number of rotatable bonds is 8. The predicted molar refractivity (Wildman–Crippen MR) is 117 cm³/mol. The Balaban J connectivity index is 1.60. The maximum absolute atomic E-state index is 12.1. The van der Waals surface area contributed by atoms with Crippen molar-refractivity contribution in [3.05, 3.63) is 69.2 Å². The van der Waals surface area contributed by atoms with E-state index in [0.717, 1.165) is 0 Å². The van der Waals surface area contributed by atoms with Crippen LogP contribution in [-0.2, 0) is 4.79 Å². The minimum atomic E-state index is -0.578. The molecule has 2 aromatic carbocycles. The molecule has 31 heavy (non-hydrogen) atoms. The Labute approximate surface area is 182 Å². The first-order chi connectivity index (χ1) is 14.9. The lowest BCUT2D eigenvalue weighted by Crippen LogP contribution is -2.20. The molecule has 3 N–H and O–H groups in total. The summed E-state index contributed by atoms with van der Waals surface area (Å²) in [7, 11) is 1.49. The summed E-state index contributed by atoms with van der Waals surface area (Å²) in [4.78, 5) is 27.1. The van der Waals surface area contributed by atoms with E-state index in [2.05, 4.69) is 31.0 Å². The van der Waals surface area contributed by atoms with Gasteiger partial charge in [-0.15, -0.1) is 0 Å². The van der Waals surface area contributed by atoms with Crippen LogP contribution in [-0.4, -0.2) is 41.0 Å². The lowest BCUT2D eigenvalue weighted by atomic mass is 10.2. The SMILES string of the molecule is COc1cc(/C=N/Nc2nc(=O)[nH]nc2C)ccc1OCC(=O)Nc1cccc(Cl)c1. The zero-order valence-corrected chi connectivity index (χ0v) is 17.4. The van der Waals surface area contributed by atoms with Crippen LogP contribution in [0.4, 0.5) is 11.5 Å². The maximum atomic E-state index is 12.1. The number of methoxy groups -OCH3 is 1. The average molecular weight is 443 g/mol. The molecule has 11 heteroatoms. The van der Waals surface area contributed by atoms with Gasteiger partial charge in [0, 0.05) is 10.7 Å². The number of nitrogens with one attached hydrogen (secondary N) is 3. The van der Waals surface area contributed by atoms with Crippen LogP contribution in [0.3, 0.4) is 0 Å². The van der Waals surface area contributed by atoms with E-state index >= 15 is 0 Å². The third kappa shape index (κ3) is 6.28. The summed E-state index contributed by atoms with van der Waals surface area (Å²) in [6, 6.07) is 11.9. The highest BCUT2D eigenvalue weighted by Gasteiger charge is 2.09. The molecule has 1 heterocycles. The Kier molecular flexibility index (Phi) is 7.17. The number of aryl methyl sites for hydroxylation is 1. The van der Waals surface area contributed by atoms with E-state index in [1.54, 1.807) is 49.4 Å². The number of amides is 1. The summed E-state index contributed by atoms with van der Waals surface area (Å²) in [5.41, 5.74) is 3.85. The number of hydrogen-bond acceptors (Lipinski definition) is 8. The molecule has 0 spiro atoms. The van der Waals surface area contributed by atoms with Crippen molar-refractivity contribution in [1.82, 2.24) is 15.2 Å². The summed E-state index contributed by atoms with van der Waals surface area (Å²) >= 11 is 5.91. The number of aromatic amines is 1. The van der Waals surface area contributed by atoms with Crippen LogP contribution in [0.1, 0.15) is 11.3 Å². The number of carbonyl (C=O) groups excluding carboxylic acids is 1. The number of anilines is 2. The molecule has 0 fully saturated rings. The first-order valence-corrected chi connectivity index (χ1v) is 9.41. The van der Waals surface area contributed by atoms with Crippen molar-refractivity contribution in [3.8, 4) is 11.5 Å². The minimum Gasteiger partial charge on any atom is -0.493 e. The highest BCUT2D eigenvalue weighted by Crippen LogP contribution is 2.27. The summed E-state index contributed by atoms with van der Waals surface area (Å²) in [5.74, 6) is 0.725. The van der Waals surface area contributed by atoms with Gasteiger partial charge in [0.05, 0.1) is 13.3 Å². The van der Waals surface area contributed by atoms with Gasteiger partial charge < -0.3 is 14.8 Å². The monoisotopic (exact) mass is 442 g/mol. The quantitative estimate of drug-likeness (QED) is 0.361. The molecule has 0 aliphatic heterocycles. The number of halogens is 1. The lowest BCUT2D eigenvalue weighted by Gasteiger charge is -2.11. The van der Waals surface area contributed by atoms with E-state index in [9.17, 15) is 9.59 Å². The minimum absolute atomic E-state index is 0.210. The second kappa shape index (κ2) is 10.2. The van der Waals surface area contributed by atoms with E-state index in [1.165, 1.54) is 13.3 Å². The van der Waals surface area contributed by atoms with Gasteiger partial charge in [-0.05, 0) is 48.9 Å². The molecule has 3 rings (SSSR count). The highest BCUT2D eigenvalue weighted by molar-refractivity contribution is 6.30. The smallest absolute Gasteiger partial charge is 0.363 e. The molecule has 160 valence electrons. The summed E-state index contributed by atoms with van der Waals surface area (Å²) in [5, 5.41) is 13.3. The van der Waals surface area contributed by atoms with Crippen molar-refractivity contribution in [1.29, 1.82) is 0 Å². The number of nitrogens with zero attached hydrogens (tertiary/aromatic N) is 3. The second-order valence-corrected chi connectivity index (χ2v) is 6.64. The number of H-pyrrole nitrogens is 1. The molecule has 0 atom stereocenters. The number of benzene rings is 2. The van der Waals surface area contributed by atoms with Gasteiger partial charge in [0.1, 0.15) is 5.69 Å². The zero-order valence-electron chi connectivity index (χ0n) is 16.7. The van der Waals surface area contributed by atoms with Crippen LogP contribution >= 0.6 is 11.6 Å². The van der Waals surface area contributed by atoms with Crippen LogP contribution in [0.2, 0.25) is 5.02 Å². The molecular formula is C20H19ClN6O4. The van der Waals surface area contributed by atoms with E-state index in [0.29, 0.717) is 33.5 Å². The molecule has 1 aromatic heterocycles. The van der Waals surface area contributed by atoms with E-state index in [4.69, 9.17) is 21.1 Å². The molecule has 0 saturated heterocycles. The topological polar surface area (TPSA) is 131 Å². The van der Waals surface area contributed by atoms with Gasteiger partial charge in [-0.2, -0.15) is 15.2 Å². The van der Waals surface area contributed by atoms with Crippen molar-refractivity contribution in [2.45, 2.75) is 6.92 Å². The lowest BCUT2D eigenvalue weighted by molar-refractivity contribution is -0.118. The highest BCUT2D eigenvalue weighted by atomic mass is 35.5. The molecule has 0 bridgehead atoms. The van der Waals surface area contributed by atoms with Crippen LogP contribution in [0.5, 0.6) is 11.5 Å². The van der Waals surface area contributed by atoms with E-state index in [-0.39, 0.29) is 18.3 Å². The molecule has 0 saturated carbocycles. The fourth-order valence-corrected chi connectivity index (χ4v) is 2.65. The van der Waals surface area contributed by atoms with Crippen LogP contribution < -0.4 is 25.9 Å². The second-order valence-electron chi connectivity index (χ2n) is 6.20. The van der Waals surface area contributed by atoms with Crippen LogP contribution in [0.25, 0.3) is 0 Å². The number of ether oxygens (including phenoxy) is 2. The Bertz CT molecular complexity index is 1160. The van der Waals surface area contributed by atoms with Gasteiger partial charge in [-0.3, -0.25) is 10.2 Å². The van der Waals surface area contributed by atoms with Crippen molar-refractivity contribution in [2.24, 2.45) is 5.10 Å². The van der Waals surface area contributed by atoms with Gasteiger partial charge in [0.2, 0.25) is 0 Å². The molecular weight excluding hydrogens is 424 g/mol. The number of carbonyl (C=O) groups is 1. The third-order valence-electron chi connectivity index (χ3n) is 3.91. The molecule has 0 aliphatic rings. The first-order valence-electron chi connectivity index (χ1n) is 9.03. The molecule has 0 radical (unpaired) electrons. The predicted octanol–water partition coefficient (Wildman–Crippen LogP) is 2.60. The van der Waals surface area contributed by atoms with Gasteiger partial charge in [0.25, 0.3) is 5.91 Å². The van der Waals surface area contributed by atoms with Gasteiger partial charge in [-0.1, -0.05) is 17.7 Å². The van der Waals surface area contributed by atoms with Crippen molar-refractivity contribution in [3.63, 3.8) is 0 Å². The third-order valence-corrected chi connectivity index (χ3v) is 4.15. The molecule has 10 nitrogen and oxygen atoms in total. The fourth-order valence-electron chi connectivity index (χ4n) is 2.46. The normalized spacial score (nSPS) is 10.7. The Morgan fingerprint density at radius 3 is 2.87 bits per heavy atom. The summed E-state index contributed by atoms with van der Waals surface area (Å²) in [6.45, 7) is 1.47. The summed E-state index contributed by atoms with van der Waals surface area (Å²) < 4.78 is 10.9. The van der Waals surface area contributed by atoms with Gasteiger partial charge in [-0.25, -0.2) is 9.89 Å². The molecule has 1 amide bonds. The molecule has 3 aromatic rings. The molecule has 0 aliphatic carbocycles. The number of hydrazone groups is 1. The Morgan fingerprint density at radius 1 is 1.26 bits per heavy atom. The fraction of sp³-hybridized carbons (Fsp3) is 0.150. The standard InChI is InChI=1S/C20H19ClN6O4/c1-12-19(24-20(29)27-25-12)26-22-10-13-6-7-16(17(8-13)30-2)31-11-18(28)23-15-5-3-4-14(21)9-15/h3-10H,11H2,1-2H3,(H,23,28)(H2,24,26,27,29)/b22-10+. The van der Waals surface area contributed by atoms with E-state index in [1.807, 2.05) is 0 Å². The average Bonchev–Trinajstić information content (AvgIpc) is 2.75. The Hall–Kier alpha value is -3.92. The van der Waals surface area contributed by atoms with Crippen molar-refractivity contribution < 1.29 is 14.3 Å². The molecule has 0 unspecified atom stereocenters. The van der Waals surface area contributed by atoms with Gasteiger partial charge in [0.15, 0.2) is 23.9 Å². The zero-order chi connectivity index (χ0) is 22.2. The Morgan fingerprint density at radius 2 is 2.10 bits per heavy atom. The van der Waals surface area contributed by atoms with Crippen molar-refractivity contribution in [2.75, 3.05) is 24.5 Å². The number of hydrogen-bond donors (Lipinski definition) is 3. The van der Waals surface area contributed by atoms with Gasteiger partial charge >= 0.3 is 5.69 Å². The van der Waals surface area contributed by atoms with Crippen LogP contribution in [0.15, 0.2) is 52.4 Å². The van der Waals surface area contributed by atoms with Crippen LogP contribution in [0, 0.1) is 6.92 Å². The summed E-state index contributed by atoms with van der Waals surface area (Å²) in [6.07, 6.45) is 1.51.